The fraction of sp³-hybridized carbons (Fsp3) is 0.727. The molecule has 0 amide bonds. The van der Waals surface area contributed by atoms with Gasteiger partial charge in [-0.2, -0.15) is 0 Å². The van der Waals surface area contributed by atoms with Crippen LogP contribution in [0.4, 0.5) is 0 Å². The van der Waals surface area contributed by atoms with Crippen molar-refractivity contribution in [1.29, 1.82) is 0 Å². The molecule has 0 aromatic carbocycles. The minimum Gasteiger partial charge on any atom is -0.382 e. The van der Waals surface area contributed by atoms with E-state index >= 15 is 0 Å². The van der Waals surface area contributed by atoms with E-state index in [-0.39, 0.29) is 11.5 Å². The average molecular weight is 212 g/mol. The predicted molar refractivity (Wildman–Crippen MR) is 58.4 cm³/mol. The van der Waals surface area contributed by atoms with Gasteiger partial charge in [0, 0.05) is 26.6 Å². The molecular formula is C11H20N2O2. The van der Waals surface area contributed by atoms with Gasteiger partial charge in [-0.25, -0.2) is 4.98 Å². The molecule has 1 N–H and O–H groups in total. The van der Waals surface area contributed by atoms with Gasteiger partial charge in [0.15, 0.2) is 0 Å². The highest BCUT2D eigenvalue weighted by Gasteiger charge is 2.34. The van der Waals surface area contributed by atoms with Crippen LogP contribution in [-0.2, 0) is 11.8 Å². The molecule has 0 aliphatic carbocycles. The van der Waals surface area contributed by atoms with Crippen LogP contribution in [0.25, 0.3) is 0 Å². The molecule has 2 unspecified atom stereocenters. The Bertz CT molecular complexity index is 315. The van der Waals surface area contributed by atoms with Crippen molar-refractivity contribution >= 4 is 0 Å². The first-order chi connectivity index (χ1) is 6.88. The van der Waals surface area contributed by atoms with Crippen molar-refractivity contribution in [2.45, 2.75) is 33.0 Å². The summed E-state index contributed by atoms with van der Waals surface area (Å²) in [6, 6.07) is 0. The van der Waals surface area contributed by atoms with Crippen LogP contribution in [0.5, 0.6) is 0 Å². The summed E-state index contributed by atoms with van der Waals surface area (Å²) in [6.07, 6.45) is 2.52. The van der Waals surface area contributed by atoms with E-state index in [9.17, 15) is 5.11 Å². The van der Waals surface area contributed by atoms with Gasteiger partial charge in [-0.1, -0.05) is 20.8 Å². The summed E-state index contributed by atoms with van der Waals surface area (Å²) in [5.74, 6) is 0.636. The molecular weight excluding hydrogens is 192 g/mol. The number of nitrogens with zero attached hydrogens (tertiary/aromatic N) is 2. The zero-order chi connectivity index (χ0) is 11.6. The molecule has 0 saturated heterocycles. The van der Waals surface area contributed by atoms with Crippen LogP contribution in [0, 0.1) is 5.41 Å². The standard InChI is InChI=1S/C11H20N2O2/c1-11(2,3)9(15-5)8(14)10-12-6-7-13(10)4/h6-9,14H,1-5H3. The van der Waals surface area contributed by atoms with E-state index in [4.69, 9.17) is 4.74 Å². The fourth-order valence-electron chi connectivity index (χ4n) is 1.75. The zero-order valence-electron chi connectivity index (χ0n) is 10.1. The number of aliphatic hydroxyl groups is 1. The molecule has 0 spiro atoms. The highest BCUT2D eigenvalue weighted by atomic mass is 16.5. The van der Waals surface area contributed by atoms with Gasteiger partial charge in [0.05, 0.1) is 6.10 Å². The van der Waals surface area contributed by atoms with Crippen molar-refractivity contribution in [3.8, 4) is 0 Å². The topological polar surface area (TPSA) is 47.3 Å². The summed E-state index contributed by atoms with van der Waals surface area (Å²) in [4.78, 5) is 4.13. The summed E-state index contributed by atoms with van der Waals surface area (Å²) in [5.41, 5.74) is -0.125. The van der Waals surface area contributed by atoms with Gasteiger partial charge in [-0.05, 0) is 5.41 Å². The molecule has 2 atom stereocenters. The van der Waals surface area contributed by atoms with E-state index in [0.29, 0.717) is 5.82 Å². The molecule has 0 radical (unpaired) electrons. The first kappa shape index (κ1) is 12.2. The van der Waals surface area contributed by atoms with Gasteiger partial charge in [0.25, 0.3) is 0 Å². The number of imidazole rings is 1. The molecule has 1 rings (SSSR count). The van der Waals surface area contributed by atoms with E-state index in [1.165, 1.54) is 0 Å². The lowest BCUT2D eigenvalue weighted by Crippen LogP contribution is -2.35. The smallest absolute Gasteiger partial charge is 0.140 e. The molecule has 0 saturated carbocycles. The van der Waals surface area contributed by atoms with Crippen molar-refractivity contribution in [3.05, 3.63) is 18.2 Å². The highest BCUT2D eigenvalue weighted by molar-refractivity contribution is 5.00. The molecule has 4 nitrogen and oxygen atoms in total. The summed E-state index contributed by atoms with van der Waals surface area (Å²) in [6.45, 7) is 6.11. The SMILES string of the molecule is COC(C(O)c1nccn1C)C(C)(C)C. The summed E-state index contributed by atoms with van der Waals surface area (Å²) >= 11 is 0. The number of ether oxygens (including phenoxy) is 1. The van der Waals surface area contributed by atoms with Crippen LogP contribution in [0.1, 0.15) is 32.7 Å². The Morgan fingerprint density at radius 3 is 2.40 bits per heavy atom. The molecule has 4 heteroatoms. The summed E-state index contributed by atoms with van der Waals surface area (Å²) in [5, 5.41) is 10.2. The third-order valence-corrected chi connectivity index (χ3v) is 2.52. The average Bonchev–Trinajstić information content (AvgIpc) is 2.49. The van der Waals surface area contributed by atoms with Crippen LogP contribution in [0.3, 0.4) is 0 Å². The Labute approximate surface area is 90.9 Å². The van der Waals surface area contributed by atoms with Crippen LogP contribution in [0.2, 0.25) is 0 Å². The molecule has 1 aromatic heterocycles. The van der Waals surface area contributed by atoms with Crippen LogP contribution >= 0.6 is 0 Å². The number of hydrogen-bond acceptors (Lipinski definition) is 3. The Morgan fingerprint density at radius 2 is 2.07 bits per heavy atom. The number of hydrogen-bond donors (Lipinski definition) is 1. The second-order valence-electron chi connectivity index (χ2n) is 4.86. The molecule has 0 bridgehead atoms. The van der Waals surface area contributed by atoms with Crippen molar-refractivity contribution in [2.75, 3.05) is 7.11 Å². The van der Waals surface area contributed by atoms with E-state index in [1.807, 2.05) is 38.6 Å². The predicted octanol–water partition coefficient (Wildman–Crippen LogP) is 1.51. The number of aryl methyl sites for hydroxylation is 1. The largest absolute Gasteiger partial charge is 0.382 e. The molecule has 0 aliphatic heterocycles. The maximum absolute atomic E-state index is 10.2. The van der Waals surface area contributed by atoms with Crippen molar-refractivity contribution in [3.63, 3.8) is 0 Å². The van der Waals surface area contributed by atoms with Crippen molar-refractivity contribution in [2.24, 2.45) is 12.5 Å². The van der Waals surface area contributed by atoms with Crippen LogP contribution in [-0.4, -0.2) is 27.9 Å². The molecule has 1 aromatic rings. The Kier molecular flexibility index (Phi) is 3.52. The Hall–Kier alpha value is -0.870. The lowest BCUT2D eigenvalue weighted by molar-refractivity contribution is -0.0765. The molecule has 86 valence electrons. The third kappa shape index (κ3) is 2.58. The number of rotatable bonds is 3. The van der Waals surface area contributed by atoms with E-state index < -0.39 is 6.10 Å². The fourth-order valence-corrected chi connectivity index (χ4v) is 1.75. The van der Waals surface area contributed by atoms with Gasteiger partial charge >= 0.3 is 0 Å². The molecule has 15 heavy (non-hydrogen) atoms. The highest BCUT2D eigenvalue weighted by Crippen LogP contribution is 2.31. The zero-order valence-corrected chi connectivity index (χ0v) is 10.1. The van der Waals surface area contributed by atoms with Gasteiger partial charge in [0.1, 0.15) is 11.9 Å². The van der Waals surface area contributed by atoms with Crippen molar-refractivity contribution in [1.82, 2.24) is 9.55 Å². The summed E-state index contributed by atoms with van der Waals surface area (Å²) in [7, 11) is 3.48. The number of aromatic nitrogens is 2. The molecule has 0 fully saturated rings. The van der Waals surface area contributed by atoms with Gasteiger partial charge in [-0.15, -0.1) is 0 Å². The monoisotopic (exact) mass is 212 g/mol. The molecule has 0 aliphatic rings. The maximum Gasteiger partial charge on any atom is 0.140 e. The number of methoxy groups -OCH3 is 1. The Balaban J connectivity index is 2.92. The normalized spacial score (nSPS) is 16.4. The first-order valence-corrected chi connectivity index (χ1v) is 5.06. The van der Waals surface area contributed by atoms with E-state index in [2.05, 4.69) is 4.98 Å². The van der Waals surface area contributed by atoms with Gasteiger partial charge in [-0.3, -0.25) is 0 Å². The van der Waals surface area contributed by atoms with Crippen LogP contribution < -0.4 is 0 Å². The lowest BCUT2D eigenvalue weighted by Gasteiger charge is -2.32. The molecule has 1 heterocycles. The van der Waals surface area contributed by atoms with Crippen LogP contribution in [0.15, 0.2) is 12.4 Å². The minimum atomic E-state index is -0.699. The summed E-state index contributed by atoms with van der Waals surface area (Å²) < 4.78 is 7.16. The van der Waals surface area contributed by atoms with Gasteiger partial charge in [0.2, 0.25) is 0 Å². The third-order valence-electron chi connectivity index (χ3n) is 2.52. The first-order valence-electron chi connectivity index (χ1n) is 5.06. The minimum absolute atomic E-state index is 0.125. The number of aliphatic hydroxyl groups excluding tert-OH is 1. The van der Waals surface area contributed by atoms with E-state index in [1.54, 1.807) is 13.3 Å². The van der Waals surface area contributed by atoms with Crippen molar-refractivity contribution < 1.29 is 9.84 Å². The quantitative estimate of drug-likeness (QED) is 0.826. The lowest BCUT2D eigenvalue weighted by atomic mass is 9.85. The van der Waals surface area contributed by atoms with E-state index in [0.717, 1.165) is 0 Å². The van der Waals surface area contributed by atoms with Gasteiger partial charge < -0.3 is 14.4 Å². The maximum atomic E-state index is 10.2. The second-order valence-corrected chi connectivity index (χ2v) is 4.86. The Morgan fingerprint density at radius 1 is 1.47 bits per heavy atom. The second kappa shape index (κ2) is 4.33.